The number of piperazine rings is 1. The Kier molecular flexibility index (Phi) is 7.45. The summed E-state index contributed by atoms with van der Waals surface area (Å²) < 4.78 is 26.3. The second-order valence-corrected chi connectivity index (χ2v) is 11.2. The van der Waals surface area contributed by atoms with Crippen molar-refractivity contribution in [3.05, 3.63) is 29.8 Å². The van der Waals surface area contributed by atoms with E-state index in [0.717, 1.165) is 64.0 Å². The summed E-state index contributed by atoms with van der Waals surface area (Å²) in [4.78, 5) is 18.3. The number of amides is 1. The van der Waals surface area contributed by atoms with Crippen LogP contribution in [0.4, 0.5) is 5.69 Å². The largest absolute Gasteiger partial charge is 0.339 e. The highest BCUT2D eigenvalue weighted by Crippen LogP contribution is 2.41. The molecule has 6 nitrogen and oxygen atoms in total. The molecule has 1 saturated carbocycles. The number of anilines is 1. The van der Waals surface area contributed by atoms with E-state index in [9.17, 15) is 13.2 Å². The molecule has 1 saturated heterocycles. The molecule has 0 radical (unpaired) electrons. The second kappa shape index (κ2) is 9.69. The highest BCUT2D eigenvalue weighted by Gasteiger charge is 2.44. The molecule has 2 fully saturated rings. The first kappa shape index (κ1) is 23.1. The molecule has 1 aromatic carbocycles. The predicted molar refractivity (Wildman–Crippen MR) is 122 cm³/mol. The average molecular weight is 436 g/mol. The Labute approximate surface area is 182 Å². The van der Waals surface area contributed by atoms with Crippen molar-refractivity contribution in [3.8, 4) is 0 Å². The van der Waals surface area contributed by atoms with E-state index < -0.39 is 15.4 Å². The van der Waals surface area contributed by atoms with Crippen LogP contribution < -0.4 is 4.72 Å². The fourth-order valence-corrected chi connectivity index (χ4v) is 5.48. The fourth-order valence-electron chi connectivity index (χ4n) is 4.84. The quantitative estimate of drug-likeness (QED) is 0.712. The molecule has 2 aliphatic rings. The molecule has 1 heterocycles. The van der Waals surface area contributed by atoms with Gasteiger partial charge in [0.2, 0.25) is 15.9 Å². The number of benzene rings is 1. The second-order valence-electron chi connectivity index (χ2n) is 9.21. The molecule has 0 atom stereocenters. The SMILES string of the molecule is CCS(=O)(=O)Nc1ccc(C2(C(=O)N3CCN(CC(C)C)CC3)CCCCC2)cc1. The van der Waals surface area contributed by atoms with Gasteiger partial charge in [0.1, 0.15) is 0 Å². The van der Waals surface area contributed by atoms with Crippen LogP contribution in [0.3, 0.4) is 0 Å². The minimum atomic E-state index is -3.30. The lowest BCUT2D eigenvalue weighted by atomic mass is 9.68. The van der Waals surface area contributed by atoms with Crippen molar-refractivity contribution >= 4 is 21.6 Å². The van der Waals surface area contributed by atoms with Gasteiger partial charge in [-0.25, -0.2) is 8.42 Å². The van der Waals surface area contributed by atoms with Crippen molar-refractivity contribution < 1.29 is 13.2 Å². The predicted octanol–water partition coefficient (Wildman–Crippen LogP) is 3.45. The Morgan fingerprint density at radius 3 is 2.17 bits per heavy atom. The smallest absolute Gasteiger partial charge is 0.233 e. The van der Waals surface area contributed by atoms with E-state index in [-0.39, 0.29) is 11.7 Å². The maximum absolute atomic E-state index is 13.8. The Hall–Kier alpha value is -1.60. The molecular weight excluding hydrogens is 398 g/mol. The van der Waals surface area contributed by atoms with Crippen molar-refractivity contribution in [2.45, 2.75) is 58.3 Å². The van der Waals surface area contributed by atoms with Gasteiger partial charge in [-0.05, 0) is 43.4 Å². The van der Waals surface area contributed by atoms with Crippen molar-refractivity contribution in [2.24, 2.45) is 5.92 Å². The Bertz CT molecular complexity index is 807. The minimum absolute atomic E-state index is 0.0416. The van der Waals surface area contributed by atoms with Crippen LogP contribution in [0.2, 0.25) is 0 Å². The van der Waals surface area contributed by atoms with Crippen molar-refractivity contribution in [1.82, 2.24) is 9.80 Å². The van der Waals surface area contributed by atoms with Crippen LogP contribution >= 0.6 is 0 Å². The van der Waals surface area contributed by atoms with Gasteiger partial charge >= 0.3 is 0 Å². The number of rotatable bonds is 7. The van der Waals surface area contributed by atoms with Crippen LogP contribution in [0.15, 0.2) is 24.3 Å². The molecule has 3 rings (SSSR count). The molecular formula is C23H37N3O3S. The molecule has 1 N–H and O–H groups in total. The summed E-state index contributed by atoms with van der Waals surface area (Å²) in [7, 11) is -3.30. The third-order valence-corrected chi connectivity index (χ3v) is 7.80. The van der Waals surface area contributed by atoms with Crippen LogP contribution in [0.1, 0.15) is 58.4 Å². The average Bonchev–Trinajstić information content (AvgIpc) is 2.74. The molecule has 7 heteroatoms. The van der Waals surface area contributed by atoms with Crippen LogP contribution in [-0.4, -0.2) is 62.6 Å². The number of nitrogens with zero attached hydrogens (tertiary/aromatic N) is 2. The Morgan fingerprint density at radius 2 is 1.63 bits per heavy atom. The number of nitrogens with one attached hydrogen (secondary N) is 1. The van der Waals surface area contributed by atoms with E-state index in [2.05, 4.69) is 28.4 Å². The lowest BCUT2D eigenvalue weighted by molar-refractivity contribution is -0.140. The third-order valence-electron chi connectivity index (χ3n) is 6.49. The first-order valence-electron chi connectivity index (χ1n) is 11.4. The molecule has 0 bridgehead atoms. The number of hydrogen-bond donors (Lipinski definition) is 1. The van der Waals surface area contributed by atoms with Gasteiger partial charge in [-0.15, -0.1) is 0 Å². The van der Waals surface area contributed by atoms with E-state index in [1.54, 1.807) is 19.1 Å². The molecule has 0 unspecified atom stereocenters. The molecule has 1 amide bonds. The standard InChI is InChI=1S/C23H37N3O3S/c1-4-30(28,29)24-21-10-8-20(9-11-21)23(12-6-5-7-13-23)22(27)26-16-14-25(15-17-26)18-19(2)3/h8-11,19,24H,4-7,12-18H2,1-3H3. The fraction of sp³-hybridized carbons (Fsp3) is 0.696. The monoisotopic (exact) mass is 435 g/mol. The molecule has 1 aromatic rings. The normalized spacial score (nSPS) is 20.3. The van der Waals surface area contributed by atoms with Gasteiger partial charge in [0.25, 0.3) is 0 Å². The summed E-state index contributed by atoms with van der Waals surface area (Å²) in [5.74, 6) is 0.939. The maximum Gasteiger partial charge on any atom is 0.233 e. The van der Waals surface area contributed by atoms with Gasteiger partial charge in [-0.1, -0.05) is 45.2 Å². The Balaban J connectivity index is 1.77. The summed E-state index contributed by atoms with van der Waals surface area (Å²) in [6.45, 7) is 10.6. The van der Waals surface area contributed by atoms with E-state index in [1.807, 2.05) is 12.1 Å². The zero-order chi connectivity index (χ0) is 21.8. The molecule has 168 valence electrons. The highest BCUT2D eigenvalue weighted by atomic mass is 32.2. The lowest BCUT2D eigenvalue weighted by Crippen LogP contribution is -2.55. The van der Waals surface area contributed by atoms with Gasteiger partial charge in [0, 0.05) is 38.4 Å². The zero-order valence-electron chi connectivity index (χ0n) is 18.7. The molecule has 0 spiro atoms. The van der Waals surface area contributed by atoms with Gasteiger partial charge < -0.3 is 4.90 Å². The van der Waals surface area contributed by atoms with Crippen molar-refractivity contribution in [3.63, 3.8) is 0 Å². The van der Waals surface area contributed by atoms with E-state index in [0.29, 0.717) is 11.6 Å². The van der Waals surface area contributed by atoms with Crippen LogP contribution in [-0.2, 0) is 20.2 Å². The van der Waals surface area contributed by atoms with Crippen LogP contribution in [0.5, 0.6) is 0 Å². The number of carbonyl (C=O) groups excluding carboxylic acids is 1. The number of hydrogen-bond acceptors (Lipinski definition) is 4. The molecule has 1 aliphatic heterocycles. The summed E-state index contributed by atoms with van der Waals surface area (Å²) in [6, 6.07) is 7.50. The first-order chi connectivity index (χ1) is 14.3. The molecule has 30 heavy (non-hydrogen) atoms. The van der Waals surface area contributed by atoms with Crippen LogP contribution in [0.25, 0.3) is 0 Å². The van der Waals surface area contributed by atoms with Gasteiger partial charge in [0.05, 0.1) is 11.2 Å². The number of sulfonamides is 1. The third kappa shape index (κ3) is 5.35. The van der Waals surface area contributed by atoms with E-state index in [4.69, 9.17) is 0 Å². The van der Waals surface area contributed by atoms with Crippen molar-refractivity contribution in [1.29, 1.82) is 0 Å². The zero-order valence-corrected chi connectivity index (χ0v) is 19.5. The van der Waals surface area contributed by atoms with Gasteiger partial charge in [-0.3, -0.25) is 14.4 Å². The van der Waals surface area contributed by atoms with Crippen LogP contribution in [0, 0.1) is 5.92 Å². The van der Waals surface area contributed by atoms with Gasteiger partial charge in [-0.2, -0.15) is 0 Å². The molecule has 1 aliphatic carbocycles. The lowest BCUT2D eigenvalue weighted by Gasteiger charge is -2.43. The van der Waals surface area contributed by atoms with E-state index >= 15 is 0 Å². The summed E-state index contributed by atoms with van der Waals surface area (Å²) in [5.41, 5.74) is 1.11. The molecule has 0 aromatic heterocycles. The van der Waals surface area contributed by atoms with Crippen molar-refractivity contribution in [2.75, 3.05) is 43.2 Å². The topological polar surface area (TPSA) is 69.7 Å². The number of carbonyl (C=O) groups is 1. The van der Waals surface area contributed by atoms with Gasteiger partial charge in [0.15, 0.2) is 0 Å². The minimum Gasteiger partial charge on any atom is -0.339 e. The summed E-state index contributed by atoms with van der Waals surface area (Å²) in [5, 5.41) is 0. The highest BCUT2D eigenvalue weighted by molar-refractivity contribution is 7.92. The maximum atomic E-state index is 13.8. The Morgan fingerprint density at radius 1 is 1.03 bits per heavy atom. The first-order valence-corrected chi connectivity index (χ1v) is 13.0. The summed E-state index contributed by atoms with van der Waals surface area (Å²) in [6.07, 6.45) is 5.04. The summed E-state index contributed by atoms with van der Waals surface area (Å²) >= 11 is 0. The van der Waals surface area contributed by atoms with E-state index in [1.165, 1.54) is 6.42 Å².